The second kappa shape index (κ2) is 6.17. The van der Waals surface area contributed by atoms with Gasteiger partial charge < -0.3 is 15.5 Å². The maximum Gasteiger partial charge on any atom is 0.240 e. The van der Waals surface area contributed by atoms with E-state index < -0.39 is 6.04 Å². The van der Waals surface area contributed by atoms with Crippen molar-refractivity contribution in [2.45, 2.75) is 25.4 Å². The van der Waals surface area contributed by atoms with E-state index in [2.05, 4.69) is 18.9 Å². The lowest BCUT2D eigenvalue weighted by Crippen LogP contribution is -2.57. The van der Waals surface area contributed by atoms with Gasteiger partial charge in [-0.1, -0.05) is 30.3 Å². The van der Waals surface area contributed by atoms with Crippen LogP contribution in [-0.4, -0.2) is 54.5 Å². The first-order valence-electron chi connectivity index (χ1n) is 6.86. The van der Waals surface area contributed by atoms with Crippen LogP contribution in [0.4, 0.5) is 0 Å². The molecule has 0 aliphatic carbocycles. The zero-order valence-electron chi connectivity index (χ0n) is 11.7. The number of nitrogens with two attached hydrogens (primary N) is 1. The van der Waals surface area contributed by atoms with Crippen molar-refractivity contribution in [1.29, 1.82) is 0 Å². The van der Waals surface area contributed by atoms with Gasteiger partial charge in [0, 0.05) is 25.7 Å². The van der Waals surface area contributed by atoms with Crippen molar-refractivity contribution in [2.75, 3.05) is 26.7 Å². The minimum absolute atomic E-state index is 0.0736. The Hall–Kier alpha value is -1.39. The summed E-state index contributed by atoms with van der Waals surface area (Å²) < 4.78 is 0. The topological polar surface area (TPSA) is 49.6 Å². The fraction of sp³-hybridized carbons (Fsp3) is 0.533. The molecular weight excluding hydrogens is 238 g/mol. The fourth-order valence-corrected chi connectivity index (χ4v) is 2.64. The van der Waals surface area contributed by atoms with Crippen LogP contribution in [0.3, 0.4) is 0 Å². The normalized spacial score (nSPS) is 22.3. The molecule has 4 nitrogen and oxygen atoms in total. The first kappa shape index (κ1) is 14.0. The third-order valence-electron chi connectivity index (χ3n) is 3.73. The molecule has 0 bridgehead atoms. The molecule has 2 rings (SSSR count). The van der Waals surface area contributed by atoms with Crippen LogP contribution in [0, 0.1) is 0 Å². The second-order valence-electron chi connectivity index (χ2n) is 5.44. The number of carbonyl (C=O) groups is 1. The summed E-state index contributed by atoms with van der Waals surface area (Å²) in [6.07, 6.45) is 0.610. The van der Waals surface area contributed by atoms with Crippen LogP contribution in [0.5, 0.6) is 0 Å². The Morgan fingerprint density at radius 2 is 2.05 bits per heavy atom. The standard InChI is InChI=1S/C15H23N3O/c1-12-11-17(2)8-9-18(12)15(19)14(16)10-13-6-4-3-5-7-13/h3-7,12,14H,8-11,16H2,1-2H3/t12?,14-/m1/s1. The minimum atomic E-state index is -0.437. The van der Waals surface area contributed by atoms with Gasteiger partial charge in [-0.15, -0.1) is 0 Å². The molecule has 2 N–H and O–H groups in total. The Morgan fingerprint density at radius 1 is 1.37 bits per heavy atom. The molecular formula is C15H23N3O. The highest BCUT2D eigenvalue weighted by atomic mass is 16.2. The average Bonchev–Trinajstić information content (AvgIpc) is 2.39. The number of nitrogens with zero attached hydrogens (tertiary/aromatic N) is 2. The minimum Gasteiger partial charge on any atom is -0.336 e. The molecule has 1 aliphatic rings. The number of hydrogen-bond acceptors (Lipinski definition) is 3. The molecule has 1 aromatic rings. The van der Waals surface area contributed by atoms with Crippen molar-refractivity contribution in [2.24, 2.45) is 5.73 Å². The van der Waals surface area contributed by atoms with Crippen LogP contribution in [0.1, 0.15) is 12.5 Å². The SMILES string of the molecule is CC1CN(C)CCN1C(=O)[C@H](N)Cc1ccccc1. The number of rotatable bonds is 3. The summed E-state index contributed by atoms with van der Waals surface area (Å²) in [4.78, 5) is 16.6. The number of piperazine rings is 1. The zero-order chi connectivity index (χ0) is 13.8. The van der Waals surface area contributed by atoms with E-state index in [9.17, 15) is 4.79 Å². The van der Waals surface area contributed by atoms with Gasteiger partial charge in [-0.25, -0.2) is 0 Å². The van der Waals surface area contributed by atoms with E-state index in [0.29, 0.717) is 6.42 Å². The Balaban J connectivity index is 1.95. The van der Waals surface area contributed by atoms with Gasteiger partial charge in [0.25, 0.3) is 0 Å². The van der Waals surface area contributed by atoms with Crippen molar-refractivity contribution < 1.29 is 4.79 Å². The van der Waals surface area contributed by atoms with Crippen LogP contribution in [0.15, 0.2) is 30.3 Å². The van der Waals surface area contributed by atoms with Crippen LogP contribution >= 0.6 is 0 Å². The lowest BCUT2D eigenvalue weighted by molar-refractivity contribution is -0.136. The van der Waals surface area contributed by atoms with Crippen LogP contribution < -0.4 is 5.73 Å². The average molecular weight is 261 g/mol. The van der Waals surface area contributed by atoms with Crippen molar-refractivity contribution in [3.8, 4) is 0 Å². The highest BCUT2D eigenvalue weighted by Crippen LogP contribution is 2.11. The molecule has 4 heteroatoms. The van der Waals surface area contributed by atoms with Crippen molar-refractivity contribution >= 4 is 5.91 Å². The van der Waals surface area contributed by atoms with E-state index in [-0.39, 0.29) is 11.9 Å². The fourth-order valence-electron chi connectivity index (χ4n) is 2.64. The third-order valence-corrected chi connectivity index (χ3v) is 3.73. The van der Waals surface area contributed by atoms with Gasteiger partial charge in [-0.05, 0) is 26.0 Å². The number of carbonyl (C=O) groups excluding carboxylic acids is 1. The van der Waals surface area contributed by atoms with Crippen molar-refractivity contribution in [1.82, 2.24) is 9.80 Å². The lowest BCUT2D eigenvalue weighted by atomic mass is 10.0. The Bertz CT molecular complexity index is 421. The summed E-state index contributed by atoms with van der Waals surface area (Å²) in [5, 5.41) is 0. The highest BCUT2D eigenvalue weighted by Gasteiger charge is 2.28. The van der Waals surface area contributed by atoms with E-state index in [1.807, 2.05) is 35.2 Å². The summed E-state index contributed by atoms with van der Waals surface area (Å²) in [6, 6.07) is 9.76. The molecule has 1 heterocycles. The molecule has 1 amide bonds. The molecule has 1 saturated heterocycles. The van der Waals surface area contributed by atoms with Gasteiger partial charge in [-0.2, -0.15) is 0 Å². The van der Waals surface area contributed by atoms with Crippen LogP contribution in [0.25, 0.3) is 0 Å². The Kier molecular flexibility index (Phi) is 4.56. The first-order chi connectivity index (χ1) is 9.08. The summed E-state index contributed by atoms with van der Waals surface area (Å²) in [5.74, 6) is 0.0736. The number of amides is 1. The van der Waals surface area contributed by atoms with Crippen molar-refractivity contribution in [3.63, 3.8) is 0 Å². The molecule has 1 fully saturated rings. The molecule has 0 radical (unpaired) electrons. The largest absolute Gasteiger partial charge is 0.336 e. The number of likely N-dealkylation sites (N-methyl/N-ethyl adjacent to an activating group) is 1. The van der Waals surface area contributed by atoms with E-state index in [4.69, 9.17) is 5.73 Å². The predicted molar refractivity (Wildman–Crippen MR) is 76.8 cm³/mol. The maximum atomic E-state index is 12.4. The molecule has 0 saturated carbocycles. The van der Waals surface area contributed by atoms with Gasteiger partial charge in [0.05, 0.1) is 6.04 Å². The molecule has 1 aliphatic heterocycles. The summed E-state index contributed by atoms with van der Waals surface area (Å²) in [7, 11) is 2.09. The molecule has 104 valence electrons. The summed E-state index contributed by atoms with van der Waals surface area (Å²) >= 11 is 0. The van der Waals surface area contributed by atoms with Gasteiger partial charge in [0.1, 0.15) is 0 Å². The maximum absolute atomic E-state index is 12.4. The smallest absolute Gasteiger partial charge is 0.240 e. The van der Waals surface area contributed by atoms with Gasteiger partial charge in [-0.3, -0.25) is 4.79 Å². The van der Waals surface area contributed by atoms with Crippen molar-refractivity contribution in [3.05, 3.63) is 35.9 Å². The Labute approximate surface area is 115 Å². The number of benzene rings is 1. The second-order valence-corrected chi connectivity index (χ2v) is 5.44. The molecule has 19 heavy (non-hydrogen) atoms. The highest BCUT2D eigenvalue weighted by molar-refractivity contribution is 5.82. The quantitative estimate of drug-likeness (QED) is 0.872. The van der Waals surface area contributed by atoms with E-state index >= 15 is 0 Å². The van der Waals surface area contributed by atoms with Gasteiger partial charge >= 0.3 is 0 Å². The summed E-state index contributed by atoms with van der Waals surface area (Å²) in [6.45, 7) is 4.71. The zero-order valence-corrected chi connectivity index (χ0v) is 11.7. The predicted octanol–water partition coefficient (Wildman–Crippen LogP) is 0.719. The first-order valence-corrected chi connectivity index (χ1v) is 6.86. The van der Waals surface area contributed by atoms with Crippen LogP contribution in [-0.2, 0) is 11.2 Å². The van der Waals surface area contributed by atoms with Gasteiger partial charge in [0.15, 0.2) is 0 Å². The molecule has 1 unspecified atom stereocenters. The van der Waals surface area contributed by atoms with Crippen LogP contribution in [0.2, 0.25) is 0 Å². The molecule has 0 aromatic heterocycles. The van der Waals surface area contributed by atoms with E-state index in [0.717, 1.165) is 25.2 Å². The molecule has 1 aromatic carbocycles. The number of hydrogen-bond donors (Lipinski definition) is 1. The summed E-state index contributed by atoms with van der Waals surface area (Å²) in [5.41, 5.74) is 7.19. The lowest BCUT2D eigenvalue weighted by Gasteiger charge is -2.39. The van der Waals surface area contributed by atoms with E-state index in [1.165, 1.54) is 0 Å². The molecule has 2 atom stereocenters. The third kappa shape index (κ3) is 3.55. The molecule has 0 spiro atoms. The van der Waals surface area contributed by atoms with Gasteiger partial charge in [0.2, 0.25) is 5.91 Å². The van der Waals surface area contributed by atoms with E-state index in [1.54, 1.807) is 0 Å². The monoisotopic (exact) mass is 261 g/mol. The Morgan fingerprint density at radius 3 is 2.68 bits per heavy atom.